The zero-order valence-electron chi connectivity index (χ0n) is 11.9. The van der Waals surface area contributed by atoms with Gasteiger partial charge >= 0.3 is 0 Å². The molecule has 0 radical (unpaired) electrons. The Bertz CT molecular complexity index is 687. The SMILES string of the molecule is C=CCOc1c(Br)cc(C=NNc2nc(N)cs2)cc1OC. The zero-order valence-corrected chi connectivity index (χ0v) is 14.3. The van der Waals surface area contributed by atoms with Crippen LogP contribution in [0.3, 0.4) is 0 Å². The van der Waals surface area contributed by atoms with Gasteiger partial charge < -0.3 is 15.2 Å². The average molecular weight is 383 g/mol. The summed E-state index contributed by atoms with van der Waals surface area (Å²) in [5.41, 5.74) is 9.20. The maximum Gasteiger partial charge on any atom is 0.205 e. The highest BCUT2D eigenvalue weighted by Gasteiger charge is 2.10. The molecule has 0 saturated carbocycles. The van der Waals surface area contributed by atoms with E-state index in [0.717, 1.165) is 10.0 Å². The number of nitrogens with one attached hydrogen (secondary N) is 1. The van der Waals surface area contributed by atoms with Gasteiger partial charge in [-0.1, -0.05) is 12.7 Å². The number of nitrogens with zero attached hydrogens (tertiary/aromatic N) is 2. The predicted molar refractivity (Wildman–Crippen MR) is 94.1 cm³/mol. The molecule has 1 aromatic carbocycles. The lowest BCUT2D eigenvalue weighted by Gasteiger charge is -2.12. The topological polar surface area (TPSA) is 81.8 Å². The fourth-order valence-corrected chi connectivity index (χ4v) is 2.72. The number of rotatable bonds is 7. The molecule has 6 nitrogen and oxygen atoms in total. The Morgan fingerprint density at radius 1 is 1.55 bits per heavy atom. The highest BCUT2D eigenvalue weighted by molar-refractivity contribution is 9.10. The molecule has 0 aliphatic carbocycles. The quantitative estimate of drug-likeness (QED) is 0.435. The van der Waals surface area contributed by atoms with Crippen molar-refractivity contribution in [2.24, 2.45) is 5.10 Å². The summed E-state index contributed by atoms with van der Waals surface area (Å²) in [5, 5.41) is 6.49. The van der Waals surface area contributed by atoms with Crippen LogP contribution in [-0.4, -0.2) is 24.9 Å². The standard InChI is InChI=1S/C14H15BrN4O2S/c1-3-4-21-13-10(15)5-9(6-11(13)20-2)7-17-19-14-18-12(16)8-22-14/h3,5-8H,1,4,16H2,2H3,(H,18,19). The number of hydrogen-bond donors (Lipinski definition) is 2. The van der Waals surface area contributed by atoms with E-state index in [1.165, 1.54) is 11.3 Å². The number of aromatic nitrogens is 1. The van der Waals surface area contributed by atoms with Gasteiger partial charge in [0, 0.05) is 5.38 Å². The van der Waals surface area contributed by atoms with Gasteiger partial charge in [0.2, 0.25) is 5.13 Å². The predicted octanol–water partition coefficient (Wildman–Crippen LogP) is 3.51. The lowest BCUT2D eigenvalue weighted by atomic mass is 10.2. The molecule has 2 aromatic rings. The summed E-state index contributed by atoms with van der Waals surface area (Å²) in [6, 6.07) is 3.70. The molecule has 1 heterocycles. The second kappa shape index (κ2) is 7.81. The lowest BCUT2D eigenvalue weighted by Crippen LogP contribution is -1.99. The Kier molecular flexibility index (Phi) is 5.79. The molecule has 1 aromatic heterocycles. The van der Waals surface area contributed by atoms with Crippen LogP contribution in [0.1, 0.15) is 5.56 Å². The van der Waals surface area contributed by atoms with Crippen molar-refractivity contribution in [3.63, 3.8) is 0 Å². The second-order valence-electron chi connectivity index (χ2n) is 4.08. The van der Waals surface area contributed by atoms with E-state index in [1.807, 2.05) is 12.1 Å². The van der Waals surface area contributed by atoms with E-state index in [-0.39, 0.29) is 0 Å². The number of halogens is 1. The van der Waals surface area contributed by atoms with Gasteiger partial charge in [-0.3, -0.25) is 5.43 Å². The van der Waals surface area contributed by atoms with Crippen molar-refractivity contribution in [3.8, 4) is 11.5 Å². The molecular formula is C14H15BrN4O2S. The van der Waals surface area contributed by atoms with Crippen LogP contribution in [0, 0.1) is 0 Å². The van der Waals surface area contributed by atoms with Crippen LogP contribution >= 0.6 is 27.3 Å². The minimum Gasteiger partial charge on any atom is -0.493 e. The van der Waals surface area contributed by atoms with Crippen LogP contribution < -0.4 is 20.6 Å². The minimum absolute atomic E-state index is 0.398. The molecule has 0 bridgehead atoms. The van der Waals surface area contributed by atoms with Crippen molar-refractivity contribution in [2.75, 3.05) is 24.9 Å². The first-order valence-corrected chi connectivity index (χ1v) is 7.92. The fourth-order valence-electron chi connectivity index (χ4n) is 1.60. The smallest absolute Gasteiger partial charge is 0.205 e. The van der Waals surface area contributed by atoms with Gasteiger partial charge in [0.25, 0.3) is 0 Å². The van der Waals surface area contributed by atoms with Crippen molar-refractivity contribution in [1.29, 1.82) is 0 Å². The second-order valence-corrected chi connectivity index (χ2v) is 5.79. The molecule has 0 atom stereocenters. The van der Waals surface area contributed by atoms with E-state index in [0.29, 0.717) is 29.1 Å². The number of ether oxygens (including phenoxy) is 2. The van der Waals surface area contributed by atoms with Crippen LogP contribution in [0.5, 0.6) is 11.5 Å². The molecule has 0 aliphatic rings. The molecule has 116 valence electrons. The van der Waals surface area contributed by atoms with Crippen LogP contribution in [0.25, 0.3) is 0 Å². The molecule has 2 rings (SSSR count). The summed E-state index contributed by atoms with van der Waals surface area (Å²) in [6.07, 6.45) is 3.33. The zero-order chi connectivity index (χ0) is 15.9. The van der Waals surface area contributed by atoms with E-state index in [2.05, 4.69) is 38.0 Å². The number of nitrogens with two attached hydrogens (primary N) is 1. The van der Waals surface area contributed by atoms with Crippen LogP contribution in [0.15, 0.2) is 39.7 Å². The number of hydrogen-bond acceptors (Lipinski definition) is 7. The molecule has 0 amide bonds. The fraction of sp³-hybridized carbons (Fsp3) is 0.143. The van der Waals surface area contributed by atoms with Gasteiger partial charge in [-0.2, -0.15) is 5.10 Å². The Hall–Kier alpha value is -2.06. The lowest BCUT2D eigenvalue weighted by molar-refractivity contribution is 0.324. The minimum atomic E-state index is 0.398. The normalized spacial score (nSPS) is 10.6. The molecule has 3 N–H and O–H groups in total. The third-order valence-corrected chi connectivity index (χ3v) is 3.85. The van der Waals surface area contributed by atoms with Gasteiger partial charge in [-0.25, -0.2) is 4.98 Å². The number of thiazole rings is 1. The van der Waals surface area contributed by atoms with Crippen molar-refractivity contribution < 1.29 is 9.47 Å². The number of anilines is 2. The summed E-state index contributed by atoms with van der Waals surface area (Å²) in [7, 11) is 1.58. The van der Waals surface area contributed by atoms with E-state index in [9.17, 15) is 0 Å². The summed E-state index contributed by atoms with van der Waals surface area (Å²) in [4.78, 5) is 4.05. The largest absolute Gasteiger partial charge is 0.493 e. The Balaban J connectivity index is 2.13. The van der Waals surface area contributed by atoms with Gasteiger partial charge in [-0.05, 0) is 33.6 Å². The highest BCUT2D eigenvalue weighted by Crippen LogP contribution is 2.36. The highest BCUT2D eigenvalue weighted by atomic mass is 79.9. The van der Waals surface area contributed by atoms with Crippen LogP contribution in [0.4, 0.5) is 10.9 Å². The summed E-state index contributed by atoms with van der Waals surface area (Å²) >= 11 is 4.84. The van der Waals surface area contributed by atoms with Crippen molar-refractivity contribution in [1.82, 2.24) is 4.98 Å². The van der Waals surface area contributed by atoms with E-state index < -0.39 is 0 Å². The monoisotopic (exact) mass is 382 g/mol. The molecule has 0 aliphatic heterocycles. The Morgan fingerprint density at radius 3 is 3.00 bits per heavy atom. The van der Waals surface area contributed by atoms with Crippen LogP contribution in [0.2, 0.25) is 0 Å². The maximum atomic E-state index is 5.57. The third-order valence-electron chi connectivity index (χ3n) is 2.49. The number of hydrazone groups is 1. The Morgan fingerprint density at radius 2 is 2.36 bits per heavy atom. The summed E-state index contributed by atoms with van der Waals surface area (Å²) in [6.45, 7) is 4.02. The first-order valence-electron chi connectivity index (χ1n) is 6.25. The van der Waals surface area contributed by atoms with Gasteiger partial charge in [-0.15, -0.1) is 11.3 Å². The molecule has 0 fully saturated rings. The van der Waals surface area contributed by atoms with Gasteiger partial charge in [0.05, 0.1) is 17.8 Å². The third kappa shape index (κ3) is 4.22. The van der Waals surface area contributed by atoms with E-state index in [4.69, 9.17) is 15.2 Å². The molecule has 8 heteroatoms. The molecule has 22 heavy (non-hydrogen) atoms. The number of methoxy groups -OCH3 is 1. The van der Waals surface area contributed by atoms with Gasteiger partial charge in [0.1, 0.15) is 12.4 Å². The van der Waals surface area contributed by atoms with E-state index in [1.54, 1.807) is 24.8 Å². The van der Waals surface area contributed by atoms with Crippen molar-refractivity contribution >= 4 is 44.4 Å². The molecule has 0 saturated heterocycles. The van der Waals surface area contributed by atoms with E-state index >= 15 is 0 Å². The summed E-state index contributed by atoms with van der Waals surface area (Å²) < 4.78 is 11.7. The van der Waals surface area contributed by atoms with Crippen molar-refractivity contribution in [2.45, 2.75) is 0 Å². The van der Waals surface area contributed by atoms with Crippen LogP contribution in [-0.2, 0) is 0 Å². The molecule has 0 unspecified atom stereocenters. The Labute approximate surface area is 140 Å². The number of nitrogen functional groups attached to an aromatic ring is 1. The average Bonchev–Trinajstić information content (AvgIpc) is 2.91. The molecular weight excluding hydrogens is 368 g/mol. The summed E-state index contributed by atoms with van der Waals surface area (Å²) in [5.74, 6) is 1.70. The maximum absolute atomic E-state index is 5.57. The van der Waals surface area contributed by atoms with Crippen molar-refractivity contribution in [3.05, 3.63) is 40.2 Å². The number of benzene rings is 1. The molecule has 0 spiro atoms. The first kappa shape index (κ1) is 16.3. The van der Waals surface area contributed by atoms with Gasteiger partial charge in [0.15, 0.2) is 11.5 Å². The first-order chi connectivity index (χ1) is 10.6.